The molecule has 1 aromatic rings. The first-order valence-corrected chi connectivity index (χ1v) is 5.62. The van der Waals surface area contributed by atoms with Crippen molar-refractivity contribution in [3.8, 4) is 6.07 Å². The summed E-state index contributed by atoms with van der Waals surface area (Å²) < 4.78 is 1.57. The predicted octanol–water partition coefficient (Wildman–Crippen LogP) is 3.46. The van der Waals surface area contributed by atoms with Crippen LogP contribution in [0.15, 0.2) is 36.9 Å². The molecular formula is C14H19N3. The number of nitrogens with zero attached hydrogens (tertiary/aromatic N) is 3. The minimum atomic E-state index is 0.546. The number of hydrogen-bond acceptors (Lipinski definition) is 2. The molecule has 17 heavy (non-hydrogen) atoms. The summed E-state index contributed by atoms with van der Waals surface area (Å²) in [5.74, 6) is 0. The maximum Gasteiger partial charge on any atom is 0.138 e. The van der Waals surface area contributed by atoms with Gasteiger partial charge in [0.25, 0.3) is 0 Å². The van der Waals surface area contributed by atoms with E-state index in [0.29, 0.717) is 5.69 Å². The average Bonchev–Trinajstić information content (AvgIpc) is 2.73. The highest BCUT2D eigenvalue weighted by atomic mass is 15.3. The Morgan fingerprint density at radius 2 is 2.18 bits per heavy atom. The molecule has 0 unspecified atom stereocenters. The van der Waals surface area contributed by atoms with E-state index in [1.54, 1.807) is 23.9 Å². The monoisotopic (exact) mass is 229 g/mol. The Hall–Kier alpha value is -2.08. The van der Waals surface area contributed by atoms with Gasteiger partial charge in [0.1, 0.15) is 11.8 Å². The Bertz CT molecular complexity index is 456. The molecular weight excluding hydrogens is 210 g/mol. The molecule has 0 bridgehead atoms. The topological polar surface area (TPSA) is 41.6 Å². The number of rotatable bonds is 3. The molecule has 0 saturated heterocycles. The highest BCUT2D eigenvalue weighted by molar-refractivity contribution is 5.73. The van der Waals surface area contributed by atoms with Gasteiger partial charge >= 0.3 is 0 Å². The molecule has 0 aliphatic carbocycles. The molecule has 0 aromatic carbocycles. The van der Waals surface area contributed by atoms with E-state index in [2.05, 4.69) is 17.7 Å². The van der Waals surface area contributed by atoms with E-state index in [-0.39, 0.29) is 0 Å². The first-order valence-electron chi connectivity index (χ1n) is 5.62. The van der Waals surface area contributed by atoms with Crippen LogP contribution >= 0.6 is 0 Å². The quantitative estimate of drug-likeness (QED) is 0.745. The van der Waals surface area contributed by atoms with E-state index in [0.717, 1.165) is 11.3 Å². The van der Waals surface area contributed by atoms with E-state index in [1.165, 1.54) is 0 Å². The third kappa shape index (κ3) is 4.12. The molecule has 0 N–H and O–H groups in total. The van der Waals surface area contributed by atoms with Gasteiger partial charge in [0.05, 0.1) is 5.69 Å². The highest BCUT2D eigenvalue weighted by Crippen LogP contribution is 2.15. The van der Waals surface area contributed by atoms with Crippen molar-refractivity contribution in [3.63, 3.8) is 0 Å². The normalized spacial score (nSPS) is 10.6. The Morgan fingerprint density at radius 3 is 2.59 bits per heavy atom. The summed E-state index contributed by atoms with van der Waals surface area (Å²) in [7, 11) is 1.75. The van der Waals surface area contributed by atoms with E-state index in [1.807, 2.05) is 39.0 Å². The predicted molar refractivity (Wildman–Crippen MR) is 72.3 cm³/mol. The summed E-state index contributed by atoms with van der Waals surface area (Å²) in [4.78, 5) is 0. The lowest BCUT2D eigenvalue weighted by Crippen LogP contribution is -1.93. The van der Waals surface area contributed by atoms with Gasteiger partial charge in [-0.2, -0.15) is 10.4 Å². The van der Waals surface area contributed by atoms with Crippen molar-refractivity contribution in [2.24, 2.45) is 7.05 Å². The van der Waals surface area contributed by atoms with Crippen molar-refractivity contribution in [1.82, 2.24) is 9.78 Å². The number of nitriles is 1. The van der Waals surface area contributed by atoms with Gasteiger partial charge in [0.2, 0.25) is 0 Å². The molecule has 0 aliphatic heterocycles. The fourth-order valence-electron chi connectivity index (χ4n) is 1.25. The van der Waals surface area contributed by atoms with Crippen LogP contribution in [0, 0.1) is 11.3 Å². The Morgan fingerprint density at radius 1 is 1.53 bits per heavy atom. The van der Waals surface area contributed by atoms with Gasteiger partial charge in [-0.25, -0.2) is 0 Å². The van der Waals surface area contributed by atoms with Crippen LogP contribution in [-0.4, -0.2) is 9.78 Å². The molecule has 0 amide bonds. The minimum Gasteiger partial charge on any atom is -0.257 e. The fraction of sp³-hybridized carbons (Fsp3) is 0.286. The molecule has 1 heterocycles. The fourth-order valence-corrected chi connectivity index (χ4v) is 1.25. The summed E-state index contributed by atoms with van der Waals surface area (Å²) >= 11 is 0. The van der Waals surface area contributed by atoms with E-state index < -0.39 is 0 Å². The molecule has 0 atom stereocenters. The molecule has 1 aromatic heterocycles. The Kier molecular flexibility index (Phi) is 7.12. The lowest BCUT2D eigenvalue weighted by molar-refractivity contribution is 0.752. The van der Waals surface area contributed by atoms with Crippen LogP contribution in [0.1, 0.15) is 32.2 Å². The van der Waals surface area contributed by atoms with Crippen molar-refractivity contribution < 1.29 is 0 Å². The smallest absolute Gasteiger partial charge is 0.138 e. The average molecular weight is 229 g/mol. The van der Waals surface area contributed by atoms with Crippen molar-refractivity contribution in [2.75, 3.05) is 0 Å². The zero-order valence-corrected chi connectivity index (χ0v) is 10.9. The molecule has 0 fully saturated rings. The second-order valence-electron chi connectivity index (χ2n) is 3.01. The molecule has 1 rings (SSSR count). The number of aryl methyl sites for hydroxylation is 1. The molecule has 0 saturated carbocycles. The molecule has 90 valence electrons. The van der Waals surface area contributed by atoms with Gasteiger partial charge in [0.15, 0.2) is 0 Å². The largest absolute Gasteiger partial charge is 0.257 e. The highest BCUT2D eigenvalue weighted by Gasteiger charge is 2.05. The maximum absolute atomic E-state index is 8.80. The van der Waals surface area contributed by atoms with Gasteiger partial charge in [-0.05, 0) is 6.92 Å². The first kappa shape index (κ1) is 14.9. The van der Waals surface area contributed by atoms with Gasteiger partial charge in [-0.1, -0.05) is 44.7 Å². The Labute approximate surface area is 103 Å². The summed E-state index contributed by atoms with van der Waals surface area (Å²) in [5.41, 5.74) is 2.28. The molecule has 0 radical (unpaired) electrons. The van der Waals surface area contributed by atoms with Crippen LogP contribution in [0.2, 0.25) is 0 Å². The third-order valence-corrected chi connectivity index (χ3v) is 1.93. The third-order valence-electron chi connectivity index (χ3n) is 1.93. The van der Waals surface area contributed by atoms with Crippen LogP contribution in [0.3, 0.4) is 0 Å². The van der Waals surface area contributed by atoms with Crippen LogP contribution in [-0.2, 0) is 7.05 Å². The zero-order chi connectivity index (χ0) is 13.3. The summed E-state index contributed by atoms with van der Waals surface area (Å²) in [5, 5.41) is 13.1. The molecule has 3 nitrogen and oxygen atoms in total. The number of allylic oxidation sites excluding steroid dienone is 5. The van der Waals surface area contributed by atoms with Crippen LogP contribution in [0.25, 0.3) is 5.57 Å². The summed E-state index contributed by atoms with van der Waals surface area (Å²) in [6, 6.07) is 3.84. The van der Waals surface area contributed by atoms with E-state index in [4.69, 9.17) is 5.26 Å². The van der Waals surface area contributed by atoms with Crippen LogP contribution in [0.5, 0.6) is 0 Å². The standard InChI is InChI=1S/C12H13N3.C2H6/c1-4-6-10(7-5-2)12-8-11(9-13)15(3)14-12;1-2/h4-8H,1H2,2-3H3;1-2H3/b7-5-,10-6+;. The molecule has 0 aliphatic rings. The van der Waals surface area contributed by atoms with Gasteiger partial charge in [0, 0.05) is 18.7 Å². The van der Waals surface area contributed by atoms with Crippen molar-refractivity contribution >= 4 is 5.57 Å². The van der Waals surface area contributed by atoms with Gasteiger partial charge in [-0.3, -0.25) is 4.68 Å². The lowest BCUT2D eigenvalue weighted by Gasteiger charge is -1.94. The van der Waals surface area contributed by atoms with Gasteiger partial charge < -0.3 is 0 Å². The zero-order valence-electron chi connectivity index (χ0n) is 10.9. The summed E-state index contributed by atoms with van der Waals surface area (Å²) in [6.45, 7) is 9.58. The second-order valence-corrected chi connectivity index (χ2v) is 3.01. The maximum atomic E-state index is 8.80. The van der Waals surface area contributed by atoms with Crippen molar-refractivity contribution in [2.45, 2.75) is 20.8 Å². The first-order chi connectivity index (χ1) is 8.22. The molecule has 3 heteroatoms. The van der Waals surface area contributed by atoms with Crippen LogP contribution < -0.4 is 0 Å². The van der Waals surface area contributed by atoms with E-state index >= 15 is 0 Å². The molecule has 0 spiro atoms. The lowest BCUT2D eigenvalue weighted by atomic mass is 10.1. The number of hydrogen-bond donors (Lipinski definition) is 0. The Balaban J connectivity index is 0.00000121. The van der Waals surface area contributed by atoms with Gasteiger partial charge in [-0.15, -0.1) is 0 Å². The van der Waals surface area contributed by atoms with Crippen molar-refractivity contribution in [1.29, 1.82) is 5.26 Å². The van der Waals surface area contributed by atoms with E-state index in [9.17, 15) is 0 Å². The second kappa shape index (κ2) is 8.12. The van der Waals surface area contributed by atoms with Crippen molar-refractivity contribution in [3.05, 3.63) is 48.3 Å². The summed E-state index contributed by atoms with van der Waals surface area (Å²) in [6.07, 6.45) is 7.43. The SMILES string of the molecule is C=C/C=C(\C=C/C)c1cc(C#N)n(C)n1.CC. The number of aromatic nitrogens is 2. The minimum absolute atomic E-state index is 0.546. The van der Waals surface area contributed by atoms with Crippen LogP contribution in [0.4, 0.5) is 0 Å².